The normalized spacial score (nSPS) is 12.4. The van der Waals surface area contributed by atoms with Crippen LogP contribution in [0.1, 0.15) is 13.3 Å². The Bertz CT molecular complexity index is 292. The monoisotopic (exact) mass is 305 g/mol. The van der Waals surface area contributed by atoms with Crippen molar-refractivity contribution in [3.63, 3.8) is 0 Å². The van der Waals surface area contributed by atoms with E-state index >= 15 is 0 Å². The van der Waals surface area contributed by atoms with Gasteiger partial charge in [0.05, 0.1) is 0 Å². The first-order valence-electron chi connectivity index (χ1n) is 5.45. The predicted molar refractivity (Wildman–Crippen MR) is 72.4 cm³/mol. The Balaban J connectivity index is 2.09. The van der Waals surface area contributed by atoms with E-state index in [2.05, 4.69) is 28.2 Å². The number of nitrogens with one attached hydrogen (secondary N) is 1. The molecule has 16 heavy (non-hydrogen) atoms. The largest absolute Gasteiger partial charge is 0.492 e. The highest BCUT2D eigenvalue weighted by Gasteiger charge is 1.99. The molecule has 1 aromatic carbocycles. The van der Waals surface area contributed by atoms with Crippen molar-refractivity contribution in [1.82, 2.24) is 5.32 Å². The van der Waals surface area contributed by atoms with Crippen molar-refractivity contribution in [3.8, 4) is 5.75 Å². The van der Waals surface area contributed by atoms with Crippen LogP contribution in [0.3, 0.4) is 0 Å². The van der Waals surface area contributed by atoms with Crippen LogP contribution in [0.2, 0.25) is 0 Å². The highest BCUT2D eigenvalue weighted by Crippen LogP contribution is 2.15. The maximum Gasteiger partial charge on any atom is 0.119 e. The molecule has 1 rings (SSSR count). The maximum absolute atomic E-state index is 5.97. The van der Waals surface area contributed by atoms with Crippen LogP contribution in [-0.4, -0.2) is 25.1 Å². The molecule has 0 fully saturated rings. The summed E-state index contributed by atoms with van der Waals surface area (Å²) in [6.45, 7) is 4.40. The van der Waals surface area contributed by atoms with Crippen molar-refractivity contribution < 1.29 is 4.74 Å². The first-order valence-corrected chi connectivity index (χ1v) is 6.68. The van der Waals surface area contributed by atoms with Gasteiger partial charge < -0.3 is 10.1 Å². The SMILES string of the molecule is CCC(Cl)CNCCOc1ccc(Br)cc1. The van der Waals surface area contributed by atoms with Crippen molar-refractivity contribution in [1.29, 1.82) is 0 Å². The summed E-state index contributed by atoms with van der Waals surface area (Å²) >= 11 is 9.35. The van der Waals surface area contributed by atoms with Gasteiger partial charge in [0.1, 0.15) is 12.4 Å². The predicted octanol–water partition coefficient (Wildman–Crippen LogP) is 3.43. The van der Waals surface area contributed by atoms with Gasteiger partial charge in [0.15, 0.2) is 0 Å². The summed E-state index contributed by atoms with van der Waals surface area (Å²) in [6.07, 6.45) is 0.988. The van der Waals surface area contributed by atoms with Gasteiger partial charge in [0.2, 0.25) is 0 Å². The molecule has 4 heteroatoms. The molecule has 0 saturated carbocycles. The first kappa shape index (κ1) is 13.8. The van der Waals surface area contributed by atoms with Gasteiger partial charge in [0.25, 0.3) is 0 Å². The minimum Gasteiger partial charge on any atom is -0.492 e. The van der Waals surface area contributed by atoms with Crippen LogP contribution in [0.4, 0.5) is 0 Å². The van der Waals surface area contributed by atoms with Crippen LogP contribution in [0.5, 0.6) is 5.75 Å². The smallest absolute Gasteiger partial charge is 0.119 e. The zero-order valence-electron chi connectivity index (χ0n) is 9.38. The topological polar surface area (TPSA) is 21.3 Å². The lowest BCUT2D eigenvalue weighted by atomic mass is 10.3. The summed E-state index contributed by atoms with van der Waals surface area (Å²) in [5.74, 6) is 0.892. The van der Waals surface area contributed by atoms with E-state index in [0.29, 0.717) is 6.61 Å². The lowest BCUT2D eigenvalue weighted by Crippen LogP contribution is -2.27. The number of hydrogen-bond acceptors (Lipinski definition) is 2. The van der Waals surface area contributed by atoms with Crippen molar-refractivity contribution in [2.45, 2.75) is 18.7 Å². The van der Waals surface area contributed by atoms with E-state index in [9.17, 15) is 0 Å². The second kappa shape index (κ2) is 7.93. The van der Waals surface area contributed by atoms with E-state index in [1.807, 2.05) is 24.3 Å². The van der Waals surface area contributed by atoms with Gasteiger partial charge in [-0.1, -0.05) is 22.9 Å². The van der Waals surface area contributed by atoms with Gasteiger partial charge in [-0.3, -0.25) is 0 Å². The van der Waals surface area contributed by atoms with Crippen LogP contribution in [0.25, 0.3) is 0 Å². The lowest BCUT2D eigenvalue weighted by molar-refractivity contribution is 0.314. The van der Waals surface area contributed by atoms with Crippen LogP contribution in [-0.2, 0) is 0 Å². The Hall–Kier alpha value is -0.250. The van der Waals surface area contributed by atoms with Crippen molar-refractivity contribution >= 4 is 27.5 Å². The highest BCUT2D eigenvalue weighted by atomic mass is 79.9. The summed E-state index contributed by atoms with van der Waals surface area (Å²) in [7, 11) is 0. The molecule has 0 spiro atoms. The average Bonchev–Trinajstić information content (AvgIpc) is 2.31. The molecule has 1 aromatic rings. The molecule has 0 heterocycles. The fraction of sp³-hybridized carbons (Fsp3) is 0.500. The first-order chi connectivity index (χ1) is 7.72. The molecule has 1 atom stereocenters. The maximum atomic E-state index is 5.97. The standard InChI is InChI=1S/C12H17BrClNO/c1-2-11(14)9-15-7-8-16-12-5-3-10(13)4-6-12/h3-6,11,15H,2,7-9H2,1H3. The van der Waals surface area contributed by atoms with Crippen LogP contribution in [0.15, 0.2) is 28.7 Å². The molecule has 0 bridgehead atoms. The quantitative estimate of drug-likeness (QED) is 0.615. The number of alkyl halides is 1. The Morgan fingerprint density at radius 3 is 2.69 bits per heavy atom. The zero-order chi connectivity index (χ0) is 11.8. The van der Waals surface area contributed by atoms with Crippen molar-refractivity contribution in [2.75, 3.05) is 19.7 Å². The van der Waals surface area contributed by atoms with Gasteiger partial charge in [-0.05, 0) is 30.7 Å². The molecule has 0 radical (unpaired) electrons. The summed E-state index contributed by atoms with van der Waals surface area (Å²) < 4.78 is 6.61. The Morgan fingerprint density at radius 1 is 1.38 bits per heavy atom. The molecule has 0 aliphatic heterocycles. The average molecular weight is 307 g/mol. The summed E-state index contributed by atoms with van der Waals surface area (Å²) in [4.78, 5) is 0. The number of rotatable bonds is 7. The molecule has 2 nitrogen and oxygen atoms in total. The molecule has 1 N–H and O–H groups in total. The Morgan fingerprint density at radius 2 is 2.06 bits per heavy atom. The fourth-order valence-electron chi connectivity index (χ4n) is 1.17. The highest BCUT2D eigenvalue weighted by molar-refractivity contribution is 9.10. The van der Waals surface area contributed by atoms with Crippen LogP contribution >= 0.6 is 27.5 Å². The number of benzene rings is 1. The molecule has 0 amide bonds. The van der Waals surface area contributed by atoms with Gasteiger partial charge in [-0.15, -0.1) is 11.6 Å². The van der Waals surface area contributed by atoms with Crippen molar-refractivity contribution in [3.05, 3.63) is 28.7 Å². The summed E-state index contributed by atoms with van der Waals surface area (Å²) in [6, 6.07) is 7.82. The molecule has 1 unspecified atom stereocenters. The number of hydrogen-bond donors (Lipinski definition) is 1. The third kappa shape index (κ3) is 5.73. The van der Waals surface area contributed by atoms with Gasteiger partial charge in [0, 0.05) is 22.9 Å². The molecule has 90 valence electrons. The van der Waals surface area contributed by atoms with E-state index < -0.39 is 0 Å². The lowest BCUT2D eigenvalue weighted by Gasteiger charge is -2.09. The molecule has 0 aromatic heterocycles. The third-order valence-corrected chi connectivity index (χ3v) is 3.16. The molecular weight excluding hydrogens is 289 g/mol. The van der Waals surface area contributed by atoms with Crippen molar-refractivity contribution in [2.24, 2.45) is 0 Å². The minimum atomic E-state index is 0.215. The summed E-state index contributed by atoms with van der Waals surface area (Å²) in [5.41, 5.74) is 0. The second-order valence-electron chi connectivity index (χ2n) is 3.51. The second-order valence-corrected chi connectivity index (χ2v) is 5.04. The molecular formula is C12H17BrClNO. The van der Waals surface area contributed by atoms with E-state index in [1.54, 1.807) is 0 Å². The Kier molecular flexibility index (Phi) is 6.85. The van der Waals surface area contributed by atoms with Crippen LogP contribution in [0, 0.1) is 0 Å². The van der Waals surface area contributed by atoms with Gasteiger partial charge >= 0.3 is 0 Å². The summed E-state index contributed by atoms with van der Waals surface area (Å²) in [5, 5.41) is 3.47. The fourth-order valence-corrected chi connectivity index (χ4v) is 1.55. The van der Waals surface area contributed by atoms with Gasteiger partial charge in [-0.25, -0.2) is 0 Å². The molecule has 0 aliphatic rings. The van der Waals surface area contributed by atoms with Gasteiger partial charge in [-0.2, -0.15) is 0 Å². The minimum absolute atomic E-state index is 0.215. The van der Waals surface area contributed by atoms with E-state index in [4.69, 9.17) is 16.3 Å². The third-order valence-electron chi connectivity index (χ3n) is 2.17. The van der Waals surface area contributed by atoms with E-state index in [-0.39, 0.29) is 5.38 Å². The number of halogens is 2. The van der Waals surface area contributed by atoms with Crippen LogP contribution < -0.4 is 10.1 Å². The zero-order valence-corrected chi connectivity index (χ0v) is 11.7. The molecule has 0 saturated heterocycles. The number of ether oxygens (including phenoxy) is 1. The van der Waals surface area contributed by atoms with E-state index in [1.165, 1.54) is 0 Å². The van der Waals surface area contributed by atoms with E-state index in [0.717, 1.165) is 29.7 Å². The Labute approximate surface area is 110 Å². The molecule has 0 aliphatic carbocycles.